The number of hydrogen-bond donors (Lipinski definition) is 1. The van der Waals surface area contributed by atoms with Crippen LogP contribution in [0, 0.1) is 6.92 Å². The van der Waals surface area contributed by atoms with E-state index in [0.29, 0.717) is 29.2 Å². The van der Waals surface area contributed by atoms with E-state index in [2.05, 4.69) is 9.97 Å². The summed E-state index contributed by atoms with van der Waals surface area (Å²) in [6.45, 7) is 2.56. The molecule has 0 bridgehead atoms. The SMILES string of the molecule is Cc1ccc(S(=O)(=O)N2CC=C(c3cc(CCCc4ccc(S(C)(=O)=O)cc4)nc(N)n3)CC2)cc1. The van der Waals surface area contributed by atoms with E-state index in [0.717, 1.165) is 40.9 Å². The highest BCUT2D eigenvalue weighted by Gasteiger charge is 2.26. The minimum absolute atomic E-state index is 0.190. The van der Waals surface area contributed by atoms with Gasteiger partial charge in [0.25, 0.3) is 0 Å². The quantitative estimate of drug-likeness (QED) is 0.477. The Hall–Kier alpha value is -3.08. The first kappa shape index (κ1) is 26.0. The fraction of sp³-hybridized carbons (Fsp3) is 0.308. The summed E-state index contributed by atoms with van der Waals surface area (Å²) in [7, 11) is -6.76. The first-order valence-electron chi connectivity index (χ1n) is 11.7. The molecule has 10 heteroatoms. The molecule has 0 saturated heterocycles. The van der Waals surface area contributed by atoms with Gasteiger partial charge in [0.05, 0.1) is 15.5 Å². The second-order valence-corrected chi connectivity index (χ2v) is 13.0. The van der Waals surface area contributed by atoms with E-state index in [1.54, 1.807) is 36.4 Å². The van der Waals surface area contributed by atoms with E-state index in [-0.39, 0.29) is 12.5 Å². The third-order valence-corrected chi connectivity index (χ3v) is 9.21. The van der Waals surface area contributed by atoms with E-state index >= 15 is 0 Å². The highest BCUT2D eigenvalue weighted by molar-refractivity contribution is 7.90. The summed E-state index contributed by atoms with van der Waals surface area (Å²) in [4.78, 5) is 9.35. The standard InChI is InChI=1S/C26H30N4O4S2/c1-19-6-10-24(11-7-19)36(33,34)30-16-14-21(15-17-30)25-18-22(28-26(27)29-25)5-3-4-20-8-12-23(13-9-20)35(2,31)32/h6-14,18H,3-5,15-17H2,1-2H3,(H2,27,28,29). The van der Waals surface area contributed by atoms with Gasteiger partial charge in [-0.1, -0.05) is 35.9 Å². The number of hydrogen-bond acceptors (Lipinski definition) is 7. The van der Waals surface area contributed by atoms with Crippen LogP contribution in [0.2, 0.25) is 0 Å². The predicted octanol–water partition coefficient (Wildman–Crippen LogP) is 3.42. The summed E-state index contributed by atoms with van der Waals surface area (Å²) in [5.41, 5.74) is 10.5. The summed E-state index contributed by atoms with van der Waals surface area (Å²) in [6.07, 6.45) is 5.90. The van der Waals surface area contributed by atoms with Crippen LogP contribution in [0.25, 0.3) is 5.57 Å². The summed E-state index contributed by atoms with van der Waals surface area (Å²) in [5.74, 6) is 0.190. The molecule has 0 atom stereocenters. The molecule has 190 valence electrons. The van der Waals surface area contributed by atoms with Crippen LogP contribution in [-0.4, -0.2) is 50.5 Å². The normalized spacial score (nSPS) is 15.0. The third-order valence-electron chi connectivity index (χ3n) is 6.21. The van der Waals surface area contributed by atoms with Gasteiger partial charge >= 0.3 is 0 Å². The molecular weight excluding hydrogens is 496 g/mol. The molecule has 8 nitrogen and oxygen atoms in total. The Labute approximate surface area is 212 Å². The lowest BCUT2D eigenvalue weighted by Crippen LogP contribution is -2.34. The molecule has 0 unspecified atom stereocenters. The fourth-order valence-corrected chi connectivity index (χ4v) is 6.16. The van der Waals surface area contributed by atoms with Crippen LogP contribution in [0.15, 0.2) is 70.5 Å². The van der Waals surface area contributed by atoms with Gasteiger partial charge in [0, 0.05) is 25.0 Å². The number of rotatable bonds is 8. The molecular formula is C26H30N4O4S2. The van der Waals surface area contributed by atoms with Crippen molar-refractivity contribution in [3.8, 4) is 0 Å². The van der Waals surface area contributed by atoms with Crippen LogP contribution in [0.3, 0.4) is 0 Å². The van der Waals surface area contributed by atoms with Crippen molar-refractivity contribution in [3.05, 3.63) is 83.2 Å². The minimum atomic E-state index is -3.55. The van der Waals surface area contributed by atoms with Crippen molar-refractivity contribution in [2.24, 2.45) is 0 Å². The average Bonchev–Trinajstić information content (AvgIpc) is 2.84. The minimum Gasteiger partial charge on any atom is -0.368 e. The summed E-state index contributed by atoms with van der Waals surface area (Å²) in [5, 5.41) is 0. The van der Waals surface area contributed by atoms with Crippen molar-refractivity contribution in [1.29, 1.82) is 0 Å². The number of nitrogens with two attached hydrogens (primary N) is 1. The number of anilines is 1. The molecule has 36 heavy (non-hydrogen) atoms. The topological polar surface area (TPSA) is 123 Å². The molecule has 1 aliphatic heterocycles. The van der Waals surface area contributed by atoms with Gasteiger partial charge in [0.1, 0.15) is 0 Å². The van der Waals surface area contributed by atoms with Gasteiger partial charge in [0.2, 0.25) is 16.0 Å². The molecule has 3 aromatic rings. The predicted molar refractivity (Wildman–Crippen MR) is 141 cm³/mol. The third kappa shape index (κ3) is 6.18. The molecule has 2 aromatic carbocycles. The zero-order chi connectivity index (χ0) is 25.9. The van der Waals surface area contributed by atoms with Crippen LogP contribution < -0.4 is 5.73 Å². The smallest absolute Gasteiger partial charge is 0.243 e. The largest absolute Gasteiger partial charge is 0.368 e. The Morgan fingerprint density at radius 1 is 0.917 bits per heavy atom. The molecule has 2 N–H and O–H groups in total. The van der Waals surface area contributed by atoms with E-state index in [9.17, 15) is 16.8 Å². The van der Waals surface area contributed by atoms with E-state index in [1.807, 2.05) is 31.2 Å². The molecule has 0 aliphatic carbocycles. The molecule has 0 fully saturated rings. The van der Waals surface area contributed by atoms with Gasteiger partial charge in [0.15, 0.2) is 9.84 Å². The highest BCUT2D eigenvalue weighted by atomic mass is 32.2. The van der Waals surface area contributed by atoms with Crippen molar-refractivity contribution in [3.63, 3.8) is 0 Å². The lowest BCUT2D eigenvalue weighted by molar-refractivity contribution is 0.441. The Morgan fingerprint density at radius 2 is 1.58 bits per heavy atom. The summed E-state index contributed by atoms with van der Waals surface area (Å²) >= 11 is 0. The Bertz CT molecular complexity index is 1480. The second kappa shape index (κ2) is 10.5. The van der Waals surface area contributed by atoms with Gasteiger partial charge in [-0.15, -0.1) is 0 Å². The number of aryl methyl sites for hydroxylation is 3. The molecule has 1 aliphatic rings. The first-order chi connectivity index (χ1) is 17.0. The van der Waals surface area contributed by atoms with Crippen molar-refractivity contribution in [2.75, 3.05) is 25.1 Å². The number of benzene rings is 2. The number of sulfone groups is 1. The van der Waals surface area contributed by atoms with Crippen LogP contribution in [-0.2, 0) is 32.7 Å². The van der Waals surface area contributed by atoms with E-state index in [1.165, 1.54) is 10.6 Å². The van der Waals surface area contributed by atoms with Gasteiger partial charge < -0.3 is 5.73 Å². The highest BCUT2D eigenvalue weighted by Crippen LogP contribution is 2.26. The van der Waals surface area contributed by atoms with Crippen molar-refractivity contribution in [2.45, 2.75) is 42.4 Å². The summed E-state index contributed by atoms with van der Waals surface area (Å²) in [6, 6.07) is 15.7. The van der Waals surface area contributed by atoms with Crippen LogP contribution in [0.5, 0.6) is 0 Å². The Balaban J connectivity index is 1.40. The molecule has 2 heterocycles. The maximum Gasteiger partial charge on any atom is 0.243 e. The van der Waals surface area contributed by atoms with Crippen LogP contribution in [0.1, 0.15) is 35.4 Å². The maximum absolute atomic E-state index is 13.0. The monoisotopic (exact) mass is 526 g/mol. The molecule has 1 aromatic heterocycles. The fourth-order valence-electron chi connectivity index (χ4n) is 4.15. The Morgan fingerprint density at radius 3 is 2.19 bits per heavy atom. The second-order valence-electron chi connectivity index (χ2n) is 9.03. The van der Waals surface area contributed by atoms with Crippen molar-refractivity contribution < 1.29 is 16.8 Å². The van der Waals surface area contributed by atoms with Crippen molar-refractivity contribution in [1.82, 2.24) is 14.3 Å². The number of nitrogens with zero attached hydrogens (tertiary/aromatic N) is 3. The molecule has 4 rings (SSSR count). The zero-order valence-electron chi connectivity index (χ0n) is 20.4. The molecule has 0 amide bonds. The van der Waals surface area contributed by atoms with Crippen LogP contribution in [0.4, 0.5) is 5.95 Å². The van der Waals surface area contributed by atoms with Gasteiger partial charge in [-0.3, -0.25) is 0 Å². The van der Waals surface area contributed by atoms with Crippen LogP contribution >= 0.6 is 0 Å². The van der Waals surface area contributed by atoms with Crippen molar-refractivity contribution >= 4 is 31.4 Å². The number of nitrogen functional groups attached to an aromatic ring is 1. The summed E-state index contributed by atoms with van der Waals surface area (Å²) < 4.78 is 50.7. The maximum atomic E-state index is 13.0. The average molecular weight is 527 g/mol. The van der Waals surface area contributed by atoms with Gasteiger partial charge in [-0.25, -0.2) is 26.8 Å². The number of aromatic nitrogens is 2. The van der Waals surface area contributed by atoms with E-state index in [4.69, 9.17) is 5.73 Å². The lowest BCUT2D eigenvalue weighted by atomic mass is 10.0. The lowest BCUT2D eigenvalue weighted by Gasteiger charge is -2.26. The molecule has 0 saturated carbocycles. The van der Waals surface area contributed by atoms with Gasteiger partial charge in [-0.2, -0.15) is 4.31 Å². The first-order valence-corrected chi connectivity index (χ1v) is 15.0. The number of sulfonamides is 1. The van der Waals surface area contributed by atoms with Gasteiger partial charge in [-0.05, 0) is 74.1 Å². The molecule has 0 radical (unpaired) electrons. The Kier molecular flexibility index (Phi) is 7.58. The molecule has 0 spiro atoms. The van der Waals surface area contributed by atoms with E-state index < -0.39 is 19.9 Å². The zero-order valence-corrected chi connectivity index (χ0v) is 22.0.